The lowest BCUT2D eigenvalue weighted by Crippen LogP contribution is -2.44. The first kappa shape index (κ1) is 18.5. The maximum absolute atomic E-state index is 12.5. The van der Waals surface area contributed by atoms with E-state index in [0.29, 0.717) is 27.7 Å². The van der Waals surface area contributed by atoms with Gasteiger partial charge in [0, 0.05) is 23.3 Å². The van der Waals surface area contributed by atoms with E-state index in [4.69, 9.17) is 17.0 Å². The van der Waals surface area contributed by atoms with Crippen molar-refractivity contribution in [2.75, 3.05) is 7.11 Å². The largest absolute Gasteiger partial charge is 0.496 e. The zero-order valence-corrected chi connectivity index (χ0v) is 15.5. The summed E-state index contributed by atoms with van der Waals surface area (Å²) in [6.45, 7) is 1.45. The quantitative estimate of drug-likeness (QED) is 0.465. The maximum atomic E-state index is 12.5. The van der Waals surface area contributed by atoms with Gasteiger partial charge in [0.1, 0.15) is 5.75 Å². The Bertz CT molecular complexity index is 957. The summed E-state index contributed by atoms with van der Waals surface area (Å²) in [6, 6.07) is 12.9. The molecular formula is C19H17N3O4S. The smallest absolute Gasteiger partial charge is 0.270 e. The predicted molar refractivity (Wildman–Crippen MR) is 105 cm³/mol. The third kappa shape index (κ3) is 3.65. The van der Waals surface area contributed by atoms with E-state index in [2.05, 4.69) is 10.6 Å². The van der Waals surface area contributed by atoms with Crippen molar-refractivity contribution < 1.29 is 14.5 Å². The number of rotatable bonds is 5. The molecule has 138 valence electrons. The van der Waals surface area contributed by atoms with Gasteiger partial charge in [-0.3, -0.25) is 14.9 Å². The van der Waals surface area contributed by atoms with Gasteiger partial charge < -0.3 is 15.4 Å². The third-order valence-electron chi connectivity index (χ3n) is 4.25. The number of carbonyl (C=O) groups is 1. The lowest BCUT2D eigenvalue weighted by atomic mass is 9.90. The number of nitro groups is 1. The van der Waals surface area contributed by atoms with Gasteiger partial charge in [-0.15, -0.1) is 0 Å². The van der Waals surface area contributed by atoms with Gasteiger partial charge in [0.15, 0.2) is 10.9 Å². The van der Waals surface area contributed by atoms with Crippen molar-refractivity contribution in [2.45, 2.75) is 13.0 Å². The minimum Gasteiger partial charge on any atom is -0.496 e. The second-order valence-corrected chi connectivity index (χ2v) is 6.33. The van der Waals surface area contributed by atoms with Gasteiger partial charge in [0.05, 0.1) is 23.8 Å². The van der Waals surface area contributed by atoms with Crippen LogP contribution in [0.5, 0.6) is 5.75 Å². The van der Waals surface area contributed by atoms with Crippen LogP contribution in [0.2, 0.25) is 0 Å². The molecule has 1 heterocycles. The molecule has 0 aliphatic carbocycles. The van der Waals surface area contributed by atoms with Crippen molar-refractivity contribution in [3.05, 3.63) is 75.3 Å². The monoisotopic (exact) mass is 383 g/mol. The number of ketones is 1. The number of non-ortho nitro benzene ring substituents is 1. The molecule has 7 nitrogen and oxygen atoms in total. The summed E-state index contributed by atoms with van der Waals surface area (Å²) in [5.74, 6) is 0.240. The van der Waals surface area contributed by atoms with E-state index in [-0.39, 0.29) is 11.5 Å². The van der Waals surface area contributed by atoms with Crippen LogP contribution in [0.25, 0.3) is 5.70 Å². The lowest BCUT2D eigenvalue weighted by Gasteiger charge is -2.31. The van der Waals surface area contributed by atoms with E-state index >= 15 is 0 Å². The Morgan fingerprint density at radius 1 is 1.22 bits per heavy atom. The van der Waals surface area contributed by atoms with Crippen LogP contribution in [-0.4, -0.2) is 22.9 Å². The van der Waals surface area contributed by atoms with Gasteiger partial charge in [-0.05, 0) is 30.8 Å². The second kappa shape index (κ2) is 7.55. The molecule has 0 fully saturated rings. The summed E-state index contributed by atoms with van der Waals surface area (Å²) < 4.78 is 5.38. The summed E-state index contributed by atoms with van der Waals surface area (Å²) in [4.78, 5) is 23.3. The molecule has 1 atom stereocenters. The van der Waals surface area contributed by atoms with Crippen molar-refractivity contribution in [3.8, 4) is 5.75 Å². The van der Waals surface area contributed by atoms with E-state index in [0.717, 1.165) is 5.56 Å². The Morgan fingerprint density at radius 3 is 2.52 bits per heavy atom. The molecule has 8 heteroatoms. The minimum atomic E-state index is -0.679. The van der Waals surface area contributed by atoms with E-state index in [9.17, 15) is 14.9 Å². The standard InChI is InChI=1S/C19H17N3O4S/c1-11(23)16-17(12-6-4-3-5-7-12)20-19(27)21-18(16)14-10-13(22(24)25)8-9-15(14)26-2/h3-10,18H,1-2H3,(H2,20,21,27)/t18-/m1/s1. The van der Waals surface area contributed by atoms with Crippen LogP contribution in [0.3, 0.4) is 0 Å². The van der Waals surface area contributed by atoms with Gasteiger partial charge in [-0.25, -0.2) is 0 Å². The lowest BCUT2D eigenvalue weighted by molar-refractivity contribution is -0.385. The molecule has 0 bridgehead atoms. The van der Waals surface area contributed by atoms with Crippen molar-refractivity contribution in [1.82, 2.24) is 10.6 Å². The number of nitrogens with zero attached hydrogens (tertiary/aromatic N) is 1. The summed E-state index contributed by atoms with van der Waals surface area (Å²) in [6.07, 6.45) is 0. The van der Waals surface area contributed by atoms with Crippen LogP contribution in [-0.2, 0) is 4.79 Å². The Morgan fingerprint density at radius 2 is 1.93 bits per heavy atom. The summed E-state index contributed by atoms with van der Waals surface area (Å²) in [7, 11) is 1.47. The molecule has 0 aromatic heterocycles. The van der Waals surface area contributed by atoms with Crippen LogP contribution in [0.4, 0.5) is 5.69 Å². The fraction of sp³-hybridized carbons (Fsp3) is 0.158. The second-order valence-electron chi connectivity index (χ2n) is 5.93. The van der Waals surface area contributed by atoms with Gasteiger partial charge in [0.25, 0.3) is 5.69 Å². The molecule has 0 saturated carbocycles. The SMILES string of the molecule is COc1ccc([N+](=O)[O-])cc1[C@H]1NC(=S)NC(c2ccccc2)=C1C(C)=O. The van der Waals surface area contributed by atoms with E-state index < -0.39 is 11.0 Å². The Hall–Kier alpha value is -3.26. The Kier molecular flexibility index (Phi) is 5.18. The molecule has 0 saturated heterocycles. The van der Waals surface area contributed by atoms with Crippen LogP contribution in [0.15, 0.2) is 54.1 Å². The molecule has 0 unspecified atom stereocenters. The highest BCUT2D eigenvalue weighted by atomic mass is 32.1. The van der Waals surface area contributed by atoms with Crippen molar-refractivity contribution in [3.63, 3.8) is 0 Å². The number of nitrogens with one attached hydrogen (secondary N) is 2. The summed E-state index contributed by atoms with van der Waals surface area (Å²) in [5.41, 5.74) is 2.16. The number of benzene rings is 2. The first-order chi connectivity index (χ1) is 12.9. The van der Waals surface area contributed by atoms with Gasteiger partial charge in [-0.1, -0.05) is 30.3 Å². The van der Waals surface area contributed by atoms with E-state index in [1.165, 1.54) is 32.2 Å². The van der Waals surface area contributed by atoms with Crippen LogP contribution < -0.4 is 15.4 Å². The van der Waals surface area contributed by atoms with Crippen LogP contribution >= 0.6 is 12.2 Å². The number of nitro benzene ring substituents is 1. The molecule has 1 aliphatic heterocycles. The first-order valence-corrected chi connectivity index (χ1v) is 8.53. The highest BCUT2D eigenvalue weighted by molar-refractivity contribution is 7.80. The van der Waals surface area contributed by atoms with Crippen molar-refractivity contribution >= 4 is 34.5 Å². The zero-order chi connectivity index (χ0) is 19.6. The topological polar surface area (TPSA) is 93.5 Å². The van der Waals surface area contributed by atoms with Gasteiger partial charge in [0.2, 0.25) is 0 Å². The third-order valence-corrected chi connectivity index (χ3v) is 4.47. The molecule has 0 radical (unpaired) electrons. The molecule has 3 rings (SSSR count). The zero-order valence-electron chi connectivity index (χ0n) is 14.7. The first-order valence-electron chi connectivity index (χ1n) is 8.12. The number of Topliss-reactive ketones (excluding diaryl/α,β-unsaturated/α-hetero) is 1. The number of methoxy groups -OCH3 is 1. The Balaban J connectivity index is 2.25. The van der Waals surface area contributed by atoms with Crippen LogP contribution in [0, 0.1) is 10.1 Å². The average molecular weight is 383 g/mol. The summed E-state index contributed by atoms with van der Waals surface area (Å²) >= 11 is 5.32. The van der Waals surface area contributed by atoms with Crippen molar-refractivity contribution in [2.24, 2.45) is 0 Å². The summed E-state index contributed by atoms with van der Waals surface area (Å²) in [5, 5.41) is 17.6. The number of thiocarbonyl (C=S) groups is 1. The molecular weight excluding hydrogens is 366 g/mol. The van der Waals surface area contributed by atoms with Gasteiger partial charge >= 0.3 is 0 Å². The predicted octanol–water partition coefficient (Wildman–Crippen LogP) is 3.12. The molecule has 27 heavy (non-hydrogen) atoms. The number of ether oxygens (including phenoxy) is 1. The van der Waals surface area contributed by atoms with E-state index in [1.54, 1.807) is 0 Å². The molecule has 2 aromatic rings. The molecule has 1 aliphatic rings. The molecule has 2 aromatic carbocycles. The number of hydrogen-bond donors (Lipinski definition) is 2. The fourth-order valence-corrected chi connectivity index (χ4v) is 3.29. The molecule has 0 spiro atoms. The minimum absolute atomic E-state index is 0.0961. The van der Waals surface area contributed by atoms with Gasteiger partial charge in [-0.2, -0.15) is 0 Å². The highest BCUT2D eigenvalue weighted by Gasteiger charge is 2.32. The number of carbonyl (C=O) groups excluding carboxylic acids is 1. The van der Waals surface area contributed by atoms with Crippen LogP contribution in [0.1, 0.15) is 24.1 Å². The maximum Gasteiger partial charge on any atom is 0.270 e. The average Bonchev–Trinajstić information content (AvgIpc) is 2.67. The number of hydrogen-bond acceptors (Lipinski definition) is 5. The van der Waals surface area contributed by atoms with Crippen molar-refractivity contribution in [1.29, 1.82) is 0 Å². The normalized spacial score (nSPS) is 16.4. The Labute approximate surface area is 161 Å². The fourth-order valence-electron chi connectivity index (χ4n) is 3.07. The molecule has 2 N–H and O–H groups in total. The molecule has 0 amide bonds. The van der Waals surface area contributed by atoms with E-state index in [1.807, 2.05) is 30.3 Å². The highest BCUT2D eigenvalue weighted by Crippen LogP contribution is 2.37.